The lowest BCUT2D eigenvalue weighted by atomic mass is 10.2. The lowest BCUT2D eigenvalue weighted by Crippen LogP contribution is -1.90. The Kier molecular flexibility index (Phi) is 5.36. The molecule has 0 amide bonds. The van der Waals surface area contributed by atoms with Crippen LogP contribution in [0.15, 0.2) is 58.9 Å². The molecule has 0 atom stereocenters. The number of nitrogens with zero attached hydrogens (tertiary/aromatic N) is 3. The Bertz CT molecular complexity index is 994. The standard InChI is InChI=1S/C19H14ClN3S3/c1-12-18(26-19(21-12)16-3-2-10-24-16)15-8-9-17(23-22-15)25-11-13-4-6-14(20)7-5-13/h2-10H,11H2,1H3. The Hall–Kier alpha value is -1.73. The molecule has 26 heavy (non-hydrogen) atoms. The molecule has 0 unspecified atom stereocenters. The molecule has 0 spiro atoms. The predicted molar refractivity (Wildman–Crippen MR) is 112 cm³/mol. The van der Waals surface area contributed by atoms with E-state index in [-0.39, 0.29) is 0 Å². The van der Waals surface area contributed by atoms with Crippen molar-refractivity contribution < 1.29 is 0 Å². The van der Waals surface area contributed by atoms with Gasteiger partial charge in [-0.1, -0.05) is 41.6 Å². The van der Waals surface area contributed by atoms with Gasteiger partial charge in [-0.05, 0) is 48.2 Å². The highest BCUT2D eigenvalue weighted by atomic mass is 35.5. The number of halogens is 1. The van der Waals surface area contributed by atoms with Crippen molar-refractivity contribution in [1.82, 2.24) is 15.2 Å². The molecule has 3 aromatic heterocycles. The zero-order valence-corrected chi connectivity index (χ0v) is 17.1. The number of hydrogen-bond acceptors (Lipinski definition) is 6. The molecule has 0 aliphatic heterocycles. The van der Waals surface area contributed by atoms with Crippen LogP contribution in [0.25, 0.3) is 20.5 Å². The lowest BCUT2D eigenvalue weighted by molar-refractivity contribution is 0.936. The minimum Gasteiger partial charge on any atom is -0.240 e. The van der Waals surface area contributed by atoms with Gasteiger partial charge < -0.3 is 0 Å². The maximum Gasteiger partial charge on any atom is 0.134 e. The van der Waals surface area contributed by atoms with E-state index in [4.69, 9.17) is 11.6 Å². The topological polar surface area (TPSA) is 38.7 Å². The fraction of sp³-hybridized carbons (Fsp3) is 0.105. The summed E-state index contributed by atoms with van der Waals surface area (Å²) in [5.74, 6) is 0.841. The largest absolute Gasteiger partial charge is 0.240 e. The summed E-state index contributed by atoms with van der Waals surface area (Å²) in [4.78, 5) is 6.95. The number of benzene rings is 1. The lowest BCUT2D eigenvalue weighted by Gasteiger charge is -2.02. The summed E-state index contributed by atoms with van der Waals surface area (Å²) in [7, 11) is 0. The van der Waals surface area contributed by atoms with Gasteiger partial charge in [0, 0.05) is 10.8 Å². The first-order chi connectivity index (χ1) is 12.7. The first-order valence-electron chi connectivity index (χ1n) is 7.92. The molecule has 4 aromatic rings. The van der Waals surface area contributed by atoms with Gasteiger partial charge in [0.05, 0.1) is 15.4 Å². The monoisotopic (exact) mass is 415 g/mol. The molecule has 0 radical (unpaired) electrons. The van der Waals surface area contributed by atoms with Crippen molar-refractivity contribution >= 4 is 46.0 Å². The first-order valence-corrected chi connectivity index (χ1v) is 11.0. The third-order valence-electron chi connectivity index (χ3n) is 3.70. The van der Waals surface area contributed by atoms with Gasteiger partial charge in [-0.2, -0.15) is 0 Å². The van der Waals surface area contributed by atoms with Gasteiger partial charge >= 0.3 is 0 Å². The number of aryl methyl sites for hydroxylation is 1. The minimum absolute atomic E-state index is 0.754. The van der Waals surface area contributed by atoms with Crippen molar-refractivity contribution in [3.05, 3.63) is 70.2 Å². The van der Waals surface area contributed by atoms with Gasteiger partial charge in [-0.25, -0.2) is 4.98 Å². The zero-order valence-electron chi connectivity index (χ0n) is 13.8. The normalized spacial score (nSPS) is 11.0. The van der Waals surface area contributed by atoms with Gasteiger partial charge in [0.1, 0.15) is 15.7 Å². The molecule has 0 aliphatic rings. The Morgan fingerprint density at radius 3 is 2.58 bits per heavy atom. The third kappa shape index (κ3) is 3.99. The van der Waals surface area contributed by atoms with E-state index in [1.807, 2.05) is 49.4 Å². The molecule has 0 saturated carbocycles. The summed E-state index contributed by atoms with van der Waals surface area (Å²) in [6.07, 6.45) is 0. The van der Waals surface area contributed by atoms with E-state index in [0.29, 0.717) is 0 Å². The fourth-order valence-corrected chi connectivity index (χ4v) is 5.12. The Labute approximate surface area is 169 Å². The minimum atomic E-state index is 0.754. The number of rotatable bonds is 5. The van der Waals surface area contributed by atoms with E-state index < -0.39 is 0 Å². The molecule has 0 bridgehead atoms. The molecular formula is C19H14ClN3S3. The van der Waals surface area contributed by atoms with Gasteiger partial charge in [-0.3, -0.25) is 0 Å². The molecule has 3 nitrogen and oxygen atoms in total. The van der Waals surface area contributed by atoms with Crippen LogP contribution in [0.3, 0.4) is 0 Å². The van der Waals surface area contributed by atoms with E-state index in [9.17, 15) is 0 Å². The highest BCUT2D eigenvalue weighted by Gasteiger charge is 2.13. The van der Waals surface area contributed by atoms with Crippen LogP contribution in [-0.2, 0) is 5.75 Å². The molecule has 0 saturated heterocycles. The molecule has 1 aromatic carbocycles. The predicted octanol–water partition coefficient (Wildman–Crippen LogP) is 6.58. The maximum atomic E-state index is 5.92. The van der Waals surface area contributed by atoms with Crippen LogP contribution in [0.4, 0.5) is 0 Å². The highest BCUT2D eigenvalue weighted by Crippen LogP contribution is 2.36. The van der Waals surface area contributed by atoms with E-state index in [1.165, 1.54) is 10.4 Å². The summed E-state index contributed by atoms with van der Waals surface area (Å²) >= 11 is 10.9. The van der Waals surface area contributed by atoms with Gasteiger partial charge in [-0.15, -0.1) is 32.9 Å². The Morgan fingerprint density at radius 1 is 1.04 bits per heavy atom. The van der Waals surface area contributed by atoms with Crippen molar-refractivity contribution in [2.24, 2.45) is 0 Å². The second-order valence-corrected chi connectivity index (χ2v) is 8.96. The average molecular weight is 416 g/mol. The van der Waals surface area contributed by atoms with Crippen LogP contribution in [0.5, 0.6) is 0 Å². The summed E-state index contributed by atoms with van der Waals surface area (Å²) in [6, 6.07) is 16.1. The molecular weight excluding hydrogens is 402 g/mol. The number of thiophene rings is 1. The molecule has 3 heterocycles. The summed E-state index contributed by atoms with van der Waals surface area (Å²) < 4.78 is 0. The zero-order chi connectivity index (χ0) is 17.9. The van der Waals surface area contributed by atoms with Crippen LogP contribution >= 0.6 is 46.0 Å². The first kappa shape index (κ1) is 17.7. The van der Waals surface area contributed by atoms with Crippen LogP contribution in [0.2, 0.25) is 5.02 Å². The molecule has 130 valence electrons. The number of hydrogen-bond donors (Lipinski definition) is 0. The summed E-state index contributed by atoms with van der Waals surface area (Å²) in [5, 5.41) is 13.5. The van der Waals surface area contributed by atoms with Crippen molar-refractivity contribution in [2.45, 2.75) is 17.7 Å². The number of thioether (sulfide) groups is 1. The average Bonchev–Trinajstić information content (AvgIpc) is 3.31. The van der Waals surface area contributed by atoms with Crippen molar-refractivity contribution in [1.29, 1.82) is 0 Å². The maximum absolute atomic E-state index is 5.92. The second-order valence-electron chi connectivity index (χ2n) is 5.58. The molecule has 4 rings (SSSR count). The fourth-order valence-electron chi connectivity index (χ4n) is 2.40. The molecule has 0 fully saturated rings. The number of aromatic nitrogens is 3. The molecule has 7 heteroatoms. The van der Waals surface area contributed by atoms with E-state index in [1.54, 1.807) is 34.4 Å². The van der Waals surface area contributed by atoms with E-state index in [0.717, 1.165) is 37.1 Å². The SMILES string of the molecule is Cc1nc(-c2cccs2)sc1-c1ccc(SCc2ccc(Cl)cc2)nn1. The summed E-state index contributed by atoms with van der Waals surface area (Å²) in [5.41, 5.74) is 3.08. The Balaban J connectivity index is 1.48. The van der Waals surface area contributed by atoms with Gasteiger partial charge in [0.15, 0.2) is 0 Å². The van der Waals surface area contributed by atoms with Crippen molar-refractivity contribution in [2.75, 3.05) is 0 Å². The van der Waals surface area contributed by atoms with Crippen LogP contribution in [0, 0.1) is 6.92 Å². The smallest absolute Gasteiger partial charge is 0.134 e. The van der Waals surface area contributed by atoms with Gasteiger partial charge in [0.25, 0.3) is 0 Å². The van der Waals surface area contributed by atoms with E-state index >= 15 is 0 Å². The van der Waals surface area contributed by atoms with Crippen LogP contribution in [-0.4, -0.2) is 15.2 Å². The second kappa shape index (κ2) is 7.88. The quantitative estimate of drug-likeness (QED) is 0.345. The Morgan fingerprint density at radius 2 is 1.88 bits per heavy atom. The summed E-state index contributed by atoms with van der Waals surface area (Å²) in [6.45, 7) is 2.02. The number of thiazole rings is 1. The van der Waals surface area contributed by atoms with Gasteiger partial charge in [0.2, 0.25) is 0 Å². The van der Waals surface area contributed by atoms with Crippen LogP contribution in [0.1, 0.15) is 11.3 Å². The van der Waals surface area contributed by atoms with Crippen molar-refractivity contribution in [3.8, 4) is 20.5 Å². The highest BCUT2D eigenvalue weighted by molar-refractivity contribution is 7.98. The molecule has 0 aliphatic carbocycles. The van der Waals surface area contributed by atoms with Crippen molar-refractivity contribution in [3.63, 3.8) is 0 Å². The van der Waals surface area contributed by atoms with E-state index in [2.05, 4.69) is 26.6 Å². The third-order valence-corrected chi connectivity index (χ3v) is 7.16. The molecule has 0 N–H and O–H groups in total. The van der Waals surface area contributed by atoms with Crippen LogP contribution < -0.4 is 0 Å².